The van der Waals surface area contributed by atoms with E-state index in [0.717, 1.165) is 5.56 Å². The van der Waals surface area contributed by atoms with Crippen LogP contribution in [0.15, 0.2) is 42.7 Å². The summed E-state index contributed by atoms with van der Waals surface area (Å²) in [5.41, 5.74) is 1.56. The Hall–Kier alpha value is -2.14. The summed E-state index contributed by atoms with van der Waals surface area (Å²) in [5.74, 6) is -0.325. The molecule has 0 radical (unpaired) electrons. The van der Waals surface area contributed by atoms with Crippen molar-refractivity contribution in [2.45, 2.75) is 26.2 Å². The second kappa shape index (κ2) is 6.86. The first-order chi connectivity index (χ1) is 9.69. The third kappa shape index (κ3) is 3.93. The topological polar surface area (TPSA) is 53.4 Å². The van der Waals surface area contributed by atoms with Crippen LogP contribution in [0.5, 0.6) is 0 Å². The first-order valence-electron chi connectivity index (χ1n) is 6.45. The molecule has 1 atom stereocenters. The Morgan fingerprint density at radius 1 is 1.35 bits per heavy atom. The van der Waals surface area contributed by atoms with Gasteiger partial charge in [0.05, 0.1) is 18.7 Å². The molecule has 2 aromatic rings. The quantitative estimate of drug-likeness (QED) is 0.758. The van der Waals surface area contributed by atoms with Gasteiger partial charge in [0.2, 0.25) is 0 Å². The molecule has 5 heteroatoms. The maximum Gasteiger partial charge on any atom is 0.338 e. The Labute approximate surface area is 118 Å². The van der Waals surface area contributed by atoms with E-state index in [0.29, 0.717) is 18.7 Å². The number of ether oxygens (including phenoxy) is 2. The van der Waals surface area contributed by atoms with Gasteiger partial charge in [-0.15, -0.1) is 0 Å². The molecule has 0 saturated carbocycles. The number of aromatic nitrogens is 2. The lowest BCUT2D eigenvalue weighted by Crippen LogP contribution is -2.21. The average molecular weight is 274 g/mol. The Kier molecular flexibility index (Phi) is 4.90. The number of hydrogen-bond acceptors (Lipinski definition) is 4. The van der Waals surface area contributed by atoms with Crippen LogP contribution in [0.1, 0.15) is 22.8 Å². The lowest BCUT2D eigenvalue weighted by Gasteiger charge is -2.13. The van der Waals surface area contributed by atoms with E-state index in [1.807, 2.05) is 31.3 Å². The smallest absolute Gasteiger partial charge is 0.338 e. The monoisotopic (exact) mass is 274 g/mol. The van der Waals surface area contributed by atoms with Crippen molar-refractivity contribution in [1.82, 2.24) is 9.78 Å². The Balaban J connectivity index is 1.90. The summed E-state index contributed by atoms with van der Waals surface area (Å²) in [4.78, 5) is 12.0. The molecule has 0 bridgehead atoms. The third-order valence-electron chi connectivity index (χ3n) is 2.81. The predicted molar refractivity (Wildman–Crippen MR) is 74.3 cm³/mol. The van der Waals surface area contributed by atoms with Gasteiger partial charge in [-0.1, -0.05) is 12.1 Å². The van der Waals surface area contributed by atoms with Crippen molar-refractivity contribution in [3.63, 3.8) is 0 Å². The van der Waals surface area contributed by atoms with E-state index < -0.39 is 0 Å². The molecule has 0 fully saturated rings. The zero-order chi connectivity index (χ0) is 14.4. The Morgan fingerprint density at radius 2 is 2.10 bits per heavy atom. The number of methoxy groups -OCH3 is 1. The van der Waals surface area contributed by atoms with Gasteiger partial charge >= 0.3 is 5.97 Å². The molecule has 1 aromatic heterocycles. The van der Waals surface area contributed by atoms with Crippen LogP contribution in [-0.2, 0) is 22.6 Å². The predicted octanol–water partition coefficient (Wildman–Crippen LogP) is 2.28. The van der Waals surface area contributed by atoms with Crippen LogP contribution in [0.2, 0.25) is 0 Å². The van der Waals surface area contributed by atoms with Crippen LogP contribution in [0.4, 0.5) is 0 Å². The first-order valence-corrected chi connectivity index (χ1v) is 6.45. The lowest BCUT2D eigenvalue weighted by molar-refractivity contribution is 0.0299. The minimum atomic E-state index is -0.325. The van der Waals surface area contributed by atoms with Crippen LogP contribution in [0.3, 0.4) is 0 Å². The van der Waals surface area contributed by atoms with E-state index >= 15 is 0 Å². The number of rotatable bonds is 6. The van der Waals surface area contributed by atoms with E-state index in [4.69, 9.17) is 9.47 Å². The molecule has 106 valence electrons. The molecule has 0 saturated heterocycles. The summed E-state index contributed by atoms with van der Waals surface area (Å²) >= 11 is 0. The molecular weight excluding hydrogens is 256 g/mol. The molecule has 20 heavy (non-hydrogen) atoms. The zero-order valence-electron chi connectivity index (χ0n) is 11.7. The van der Waals surface area contributed by atoms with Crippen molar-refractivity contribution >= 4 is 5.97 Å². The highest BCUT2D eigenvalue weighted by Crippen LogP contribution is 2.09. The van der Waals surface area contributed by atoms with E-state index in [-0.39, 0.29) is 12.1 Å². The van der Waals surface area contributed by atoms with Gasteiger partial charge in [0.25, 0.3) is 0 Å². The molecule has 0 aliphatic heterocycles. The molecule has 1 aromatic carbocycles. The fraction of sp³-hybridized carbons (Fsp3) is 0.333. The van der Waals surface area contributed by atoms with Crippen molar-refractivity contribution < 1.29 is 14.3 Å². The Morgan fingerprint density at radius 3 is 2.70 bits per heavy atom. The molecule has 0 unspecified atom stereocenters. The fourth-order valence-electron chi connectivity index (χ4n) is 1.86. The van der Waals surface area contributed by atoms with Crippen molar-refractivity contribution in [2.24, 2.45) is 0 Å². The maximum absolute atomic E-state index is 12.0. The summed E-state index contributed by atoms with van der Waals surface area (Å²) < 4.78 is 12.1. The summed E-state index contributed by atoms with van der Waals surface area (Å²) in [5, 5.41) is 4.08. The minimum absolute atomic E-state index is 0.235. The minimum Gasteiger partial charge on any atom is -0.457 e. The van der Waals surface area contributed by atoms with Crippen LogP contribution in [-0.4, -0.2) is 29.0 Å². The number of esters is 1. The van der Waals surface area contributed by atoms with Gasteiger partial charge in [0.1, 0.15) is 6.10 Å². The molecule has 0 aliphatic rings. The average Bonchev–Trinajstić information content (AvgIpc) is 2.92. The molecule has 0 spiro atoms. The van der Waals surface area contributed by atoms with E-state index in [9.17, 15) is 4.79 Å². The van der Waals surface area contributed by atoms with Crippen LogP contribution < -0.4 is 0 Å². The van der Waals surface area contributed by atoms with Crippen molar-refractivity contribution in [3.05, 3.63) is 53.9 Å². The van der Waals surface area contributed by atoms with E-state index in [1.54, 1.807) is 30.1 Å². The standard InChI is InChI=1S/C15H18N2O3/c1-12(10-17-9-3-8-16-17)20-15(18)14-6-4-13(5-7-14)11-19-2/h3-9,12H,10-11H2,1-2H3/t12-/m1/s1. The van der Waals surface area contributed by atoms with Gasteiger partial charge in [-0.05, 0) is 30.7 Å². The molecule has 2 rings (SSSR count). The van der Waals surface area contributed by atoms with E-state index in [1.165, 1.54) is 0 Å². The summed E-state index contributed by atoms with van der Waals surface area (Å²) in [6.45, 7) is 2.92. The first kappa shape index (κ1) is 14.3. The highest BCUT2D eigenvalue weighted by molar-refractivity contribution is 5.89. The SMILES string of the molecule is COCc1ccc(C(=O)O[C@H](C)Cn2cccn2)cc1. The second-order valence-electron chi connectivity index (χ2n) is 4.57. The summed E-state index contributed by atoms with van der Waals surface area (Å²) in [7, 11) is 1.64. The van der Waals surface area contributed by atoms with Crippen LogP contribution >= 0.6 is 0 Å². The van der Waals surface area contributed by atoms with Crippen LogP contribution in [0, 0.1) is 0 Å². The molecule has 1 heterocycles. The van der Waals surface area contributed by atoms with Crippen LogP contribution in [0.25, 0.3) is 0 Å². The Bertz CT molecular complexity index is 535. The molecule has 5 nitrogen and oxygen atoms in total. The normalized spacial score (nSPS) is 12.1. The summed E-state index contributed by atoms with van der Waals surface area (Å²) in [6.07, 6.45) is 3.30. The van der Waals surface area contributed by atoms with Crippen molar-refractivity contribution in [1.29, 1.82) is 0 Å². The van der Waals surface area contributed by atoms with Gasteiger partial charge in [0.15, 0.2) is 0 Å². The molecule has 0 amide bonds. The number of hydrogen-bond donors (Lipinski definition) is 0. The van der Waals surface area contributed by atoms with Gasteiger partial charge in [-0.25, -0.2) is 4.79 Å². The van der Waals surface area contributed by atoms with Gasteiger partial charge < -0.3 is 9.47 Å². The molecule has 0 N–H and O–H groups in total. The van der Waals surface area contributed by atoms with Gasteiger partial charge in [-0.2, -0.15) is 5.10 Å². The number of benzene rings is 1. The summed E-state index contributed by atoms with van der Waals surface area (Å²) in [6, 6.07) is 9.05. The number of carbonyl (C=O) groups is 1. The van der Waals surface area contributed by atoms with Crippen molar-refractivity contribution in [2.75, 3.05) is 7.11 Å². The van der Waals surface area contributed by atoms with Gasteiger partial charge in [0, 0.05) is 19.5 Å². The highest BCUT2D eigenvalue weighted by Gasteiger charge is 2.12. The van der Waals surface area contributed by atoms with Crippen molar-refractivity contribution in [3.8, 4) is 0 Å². The number of nitrogens with zero attached hydrogens (tertiary/aromatic N) is 2. The highest BCUT2D eigenvalue weighted by atomic mass is 16.5. The third-order valence-corrected chi connectivity index (χ3v) is 2.81. The fourth-order valence-corrected chi connectivity index (χ4v) is 1.86. The van der Waals surface area contributed by atoms with E-state index in [2.05, 4.69) is 5.10 Å². The second-order valence-corrected chi connectivity index (χ2v) is 4.57. The number of carbonyl (C=O) groups excluding carboxylic acids is 1. The largest absolute Gasteiger partial charge is 0.457 e. The molecule has 0 aliphatic carbocycles. The lowest BCUT2D eigenvalue weighted by atomic mass is 10.1. The zero-order valence-corrected chi connectivity index (χ0v) is 11.7. The van der Waals surface area contributed by atoms with Gasteiger partial charge in [-0.3, -0.25) is 4.68 Å². The maximum atomic E-state index is 12.0. The molecular formula is C15H18N2O3.